The first-order valence-electron chi connectivity index (χ1n) is 2.96. The van der Waals surface area contributed by atoms with E-state index < -0.39 is 0 Å². The molecule has 0 saturated carbocycles. The Bertz CT molecular complexity index is 159. The molecular weight excluding hydrogens is 98.1 g/mol. The van der Waals surface area contributed by atoms with E-state index >= 15 is 0 Å². The van der Waals surface area contributed by atoms with Crippen molar-refractivity contribution in [3.8, 4) is 0 Å². The van der Waals surface area contributed by atoms with Gasteiger partial charge in [-0.1, -0.05) is 12.5 Å². The molecule has 0 saturated heterocycles. The van der Waals surface area contributed by atoms with Gasteiger partial charge in [0.05, 0.1) is 6.42 Å². The molecule has 0 bridgehead atoms. The molecule has 0 N–H and O–H groups in total. The van der Waals surface area contributed by atoms with Crippen LogP contribution in [0.15, 0.2) is 11.6 Å². The van der Waals surface area contributed by atoms with Gasteiger partial charge in [0.15, 0.2) is 0 Å². The van der Waals surface area contributed by atoms with E-state index in [0.29, 0.717) is 0 Å². The Hall–Kier alpha value is -0.810. The molecule has 0 radical (unpaired) electrons. The molecule has 0 fully saturated rings. The van der Waals surface area contributed by atoms with Crippen molar-refractivity contribution in [1.82, 2.24) is 4.67 Å². The molecule has 1 aliphatic rings. The molecular formula is C7H10N+. The Balaban J connectivity index is 2.63. The molecule has 0 amide bonds. The van der Waals surface area contributed by atoms with Crippen molar-refractivity contribution in [1.29, 1.82) is 0 Å². The summed E-state index contributed by atoms with van der Waals surface area (Å²) in [6, 6.07) is 0. The van der Waals surface area contributed by atoms with Crippen LogP contribution in [0.5, 0.6) is 0 Å². The first-order chi connectivity index (χ1) is 3.93. The van der Waals surface area contributed by atoms with E-state index in [9.17, 15) is 0 Å². The van der Waals surface area contributed by atoms with Crippen LogP contribution in [-0.4, -0.2) is 12.4 Å². The molecule has 0 unspecified atom stereocenters. The van der Waals surface area contributed by atoms with Crippen LogP contribution in [0.2, 0.25) is 0 Å². The molecule has 0 aromatic carbocycles. The zero-order valence-electron chi connectivity index (χ0n) is 5.09. The Morgan fingerprint density at radius 1 is 1.75 bits per heavy atom. The molecule has 1 rings (SSSR count). The predicted molar refractivity (Wildman–Crippen MR) is 37.3 cm³/mol. The van der Waals surface area contributed by atoms with E-state index in [1.165, 1.54) is 5.57 Å². The van der Waals surface area contributed by atoms with Gasteiger partial charge in [-0.15, -0.1) is 4.67 Å². The van der Waals surface area contributed by atoms with Crippen molar-refractivity contribution >= 4 is 12.4 Å². The molecule has 0 atom stereocenters. The average Bonchev–Trinajstić information content (AvgIpc) is 1.90. The highest BCUT2D eigenvalue weighted by molar-refractivity contribution is 5.80. The normalized spacial score (nSPS) is 16.4. The molecule has 42 valence electrons. The lowest BCUT2D eigenvalue weighted by Gasteiger charge is -1.91. The second-order valence-electron chi connectivity index (χ2n) is 1.86. The van der Waals surface area contributed by atoms with Crippen molar-refractivity contribution in [3.05, 3.63) is 11.6 Å². The number of allylic oxidation sites excluding steroid dienone is 2. The Kier molecular flexibility index (Phi) is 1.66. The summed E-state index contributed by atoms with van der Waals surface area (Å²) in [6.07, 6.45) is 8.08. The van der Waals surface area contributed by atoms with Gasteiger partial charge in [0.25, 0.3) is 12.4 Å². The Labute approximate surface area is 49.5 Å². The van der Waals surface area contributed by atoms with E-state index in [2.05, 4.69) is 17.7 Å². The monoisotopic (exact) mass is 108 g/mol. The zero-order valence-corrected chi connectivity index (χ0v) is 5.09. The minimum Gasteiger partial charge on any atom is -0.105 e. The predicted octanol–water partition coefficient (Wildman–Crippen LogP) is 0.935. The topological polar surface area (TPSA) is 14.1 Å². The maximum atomic E-state index is 3.95. The highest BCUT2D eigenvalue weighted by Gasteiger charge is 1.98. The van der Waals surface area contributed by atoms with Crippen molar-refractivity contribution in [2.24, 2.45) is 0 Å². The second-order valence-corrected chi connectivity index (χ2v) is 1.86. The number of hydrogen-bond donors (Lipinski definition) is 0. The quantitative estimate of drug-likeness (QED) is 0.444. The lowest BCUT2D eigenvalue weighted by Crippen LogP contribution is -1.92. The summed E-state index contributed by atoms with van der Waals surface area (Å²) in [7, 11) is 0. The molecule has 0 aliphatic carbocycles. The van der Waals surface area contributed by atoms with E-state index in [1.54, 1.807) is 0 Å². The standard InChI is InChI=1S/C7H10N/c1-2-7-3-5-8-6-4-7/h3,5-6H,2,4H2,1H3/q+1. The summed E-state index contributed by atoms with van der Waals surface area (Å²) < 4.78 is 3.95. The van der Waals surface area contributed by atoms with Crippen LogP contribution >= 0.6 is 0 Å². The summed E-state index contributed by atoms with van der Waals surface area (Å²) in [4.78, 5) is 0. The van der Waals surface area contributed by atoms with Crippen LogP contribution in [0.4, 0.5) is 0 Å². The summed E-state index contributed by atoms with van der Waals surface area (Å²) in [6.45, 7) is 2.17. The van der Waals surface area contributed by atoms with Gasteiger partial charge in [0.1, 0.15) is 0 Å². The van der Waals surface area contributed by atoms with Gasteiger partial charge in [-0.25, -0.2) is 0 Å². The Morgan fingerprint density at radius 2 is 2.62 bits per heavy atom. The third-order valence-electron chi connectivity index (χ3n) is 1.31. The average molecular weight is 108 g/mol. The van der Waals surface area contributed by atoms with E-state index in [0.717, 1.165) is 12.8 Å². The van der Waals surface area contributed by atoms with Crippen LogP contribution in [0.1, 0.15) is 19.8 Å². The number of nitrogens with zero attached hydrogens (tertiary/aromatic N) is 1. The molecule has 1 heterocycles. The largest absolute Gasteiger partial charge is 0.291 e. The van der Waals surface area contributed by atoms with Crippen LogP contribution in [-0.2, 0) is 0 Å². The van der Waals surface area contributed by atoms with Gasteiger partial charge >= 0.3 is 0 Å². The van der Waals surface area contributed by atoms with Crippen LogP contribution in [0.25, 0.3) is 0 Å². The van der Waals surface area contributed by atoms with E-state index in [4.69, 9.17) is 0 Å². The molecule has 0 aromatic heterocycles. The summed E-state index contributed by atoms with van der Waals surface area (Å²) in [5.41, 5.74) is 1.47. The molecule has 1 heteroatoms. The fourth-order valence-corrected chi connectivity index (χ4v) is 0.709. The smallest absolute Gasteiger partial charge is 0.105 e. The van der Waals surface area contributed by atoms with Crippen molar-refractivity contribution in [3.63, 3.8) is 0 Å². The summed E-state index contributed by atoms with van der Waals surface area (Å²) in [5.74, 6) is 0. The summed E-state index contributed by atoms with van der Waals surface area (Å²) in [5, 5.41) is 0. The summed E-state index contributed by atoms with van der Waals surface area (Å²) >= 11 is 0. The SMILES string of the molecule is CCC1=CC=[N+]=CC1. The van der Waals surface area contributed by atoms with Gasteiger partial charge < -0.3 is 0 Å². The number of hydrogen-bond acceptors (Lipinski definition) is 0. The van der Waals surface area contributed by atoms with Gasteiger partial charge in [-0.3, -0.25) is 0 Å². The minimum atomic E-state index is 1.05. The van der Waals surface area contributed by atoms with Gasteiger partial charge in [-0.05, 0) is 6.42 Å². The zero-order chi connectivity index (χ0) is 5.82. The highest BCUT2D eigenvalue weighted by atomic mass is 14.5. The third kappa shape index (κ3) is 1.08. The minimum absolute atomic E-state index is 1.05. The lowest BCUT2D eigenvalue weighted by molar-refractivity contribution is 1.06. The fourth-order valence-electron chi connectivity index (χ4n) is 0.709. The van der Waals surface area contributed by atoms with Crippen LogP contribution < -0.4 is 4.67 Å². The van der Waals surface area contributed by atoms with Crippen molar-refractivity contribution in [2.75, 3.05) is 0 Å². The Morgan fingerprint density at radius 3 is 3.00 bits per heavy atom. The first-order valence-corrected chi connectivity index (χ1v) is 2.96. The lowest BCUT2D eigenvalue weighted by atomic mass is 10.1. The van der Waals surface area contributed by atoms with E-state index in [-0.39, 0.29) is 0 Å². The molecule has 0 aromatic rings. The van der Waals surface area contributed by atoms with Gasteiger partial charge in [-0.2, -0.15) is 0 Å². The van der Waals surface area contributed by atoms with Gasteiger partial charge in [0.2, 0.25) is 0 Å². The maximum absolute atomic E-state index is 3.95. The van der Waals surface area contributed by atoms with Gasteiger partial charge in [0, 0.05) is 6.08 Å². The highest BCUT2D eigenvalue weighted by Crippen LogP contribution is 2.02. The molecule has 1 nitrogen and oxygen atoms in total. The molecule has 0 spiro atoms. The number of rotatable bonds is 1. The van der Waals surface area contributed by atoms with E-state index in [1.807, 2.05) is 12.4 Å². The fraction of sp³-hybridized carbons (Fsp3) is 0.429. The third-order valence-corrected chi connectivity index (χ3v) is 1.31. The van der Waals surface area contributed by atoms with Crippen molar-refractivity contribution in [2.45, 2.75) is 19.8 Å². The maximum Gasteiger partial charge on any atom is 0.291 e. The molecule has 8 heavy (non-hydrogen) atoms. The van der Waals surface area contributed by atoms with Crippen molar-refractivity contribution < 1.29 is 0 Å². The first kappa shape index (κ1) is 5.33. The van der Waals surface area contributed by atoms with Crippen LogP contribution in [0.3, 0.4) is 0 Å². The second kappa shape index (κ2) is 2.49. The molecule has 1 aliphatic heterocycles. The van der Waals surface area contributed by atoms with Crippen LogP contribution in [0, 0.1) is 0 Å².